The van der Waals surface area contributed by atoms with Crippen LogP contribution in [0.1, 0.15) is 52.7 Å². The number of aryl methyl sites for hydroxylation is 2. The van der Waals surface area contributed by atoms with Crippen LogP contribution < -0.4 is 10.0 Å². The monoisotopic (exact) mass is 484 g/mol. The van der Waals surface area contributed by atoms with Gasteiger partial charge in [0, 0.05) is 0 Å². The third kappa shape index (κ3) is 6.55. The predicted octanol–water partition coefficient (Wildman–Crippen LogP) is 3.66. The Morgan fingerprint density at radius 1 is 1.09 bits per heavy atom. The van der Waals surface area contributed by atoms with Crippen LogP contribution in [-0.4, -0.2) is 26.9 Å². The molecule has 34 heavy (non-hydrogen) atoms. The number of amides is 1. The molecule has 9 heteroatoms. The lowest BCUT2D eigenvalue weighted by Crippen LogP contribution is -2.31. The van der Waals surface area contributed by atoms with Crippen molar-refractivity contribution in [1.82, 2.24) is 10.0 Å². The Balaban J connectivity index is 1.59. The van der Waals surface area contributed by atoms with E-state index in [1.54, 1.807) is 19.1 Å². The fraction of sp³-hybridized carbons (Fsp3) is 0.280. The van der Waals surface area contributed by atoms with E-state index in [1.165, 1.54) is 30.0 Å². The SMILES string of the molecule is CCc1ccc(C(C)NC(=O)COC(=O)c2cc(S(=O)(=O)NCc3ccco3)ccc2C)cc1. The van der Waals surface area contributed by atoms with Crippen molar-refractivity contribution in [2.45, 2.75) is 44.7 Å². The zero-order chi connectivity index (χ0) is 24.7. The minimum absolute atomic E-state index is 0.0253. The first kappa shape index (κ1) is 25.2. The number of furan rings is 1. The molecule has 0 saturated heterocycles. The van der Waals surface area contributed by atoms with Gasteiger partial charge in [-0.1, -0.05) is 37.3 Å². The Hall–Kier alpha value is -3.43. The molecule has 3 rings (SSSR count). The molecule has 1 unspecified atom stereocenters. The van der Waals surface area contributed by atoms with E-state index in [0.29, 0.717) is 11.3 Å². The second-order valence-electron chi connectivity index (χ2n) is 7.84. The van der Waals surface area contributed by atoms with Gasteiger partial charge in [-0.15, -0.1) is 0 Å². The van der Waals surface area contributed by atoms with E-state index < -0.39 is 28.5 Å². The molecule has 1 amide bonds. The molecule has 0 aliphatic heterocycles. The van der Waals surface area contributed by atoms with Gasteiger partial charge in [-0.25, -0.2) is 17.9 Å². The second kappa shape index (κ2) is 11.1. The quantitative estimate of drug-likeness (QED) is 0.425. The third-order valence-electron chi connectivity index (χ3n) is 5.36. The molecule has 3 aromatic rings. The summed E-state index contributed by atoms with van der Waals surface area (Å²) in [5.41, 5.74) is 2.73. The highest BCUT2D eigenvalue weighted by atomic mass is 32.2. The summed E-state index contributed by atoms with van der Waals surface area (Å²) in [6.07, 6.45) is 2.38. The van der Waals surface area contributed by atoms with Crippen LogP contribution in [0.15, 0.2) is 70.2 Å². The van der Waals surface area contributed by atoms with Crippen molar-refractivity contribution in [3.05, 3.63) is 88.9 Å². The molecule has 0 radical (unpaired) electrons. The summed E-state index contributed by atoms with van der Waals surface area (Å²) in [6, 6.07) is 15.1. The lowest BCUT2D eigenvalue weighted by molar-refractivity contribution is -0.124. The summed E-state index contributed by atoms with van der Waals surface area (Å²) < 4.78 is 37.9. The van der Waals surface area contributed by atoms with Gasteiger partial charge in [0.05, 0.1) is 29.3 Å². The summed E-state index contributed by atoms with van der Waals surface area (Å²) in [5, 5.41) is 2.79. The van der Waals surface area contributed by atoms with Gasteiger partial charge in [0.2, 0.25) is 10.0 Å². The summed E-state index contributed by atoms with van der Waals surface area (Å²) in [5.74, 6) is -0.783. The van der Waals surface area contributed by atoms with Crippen LogP contribution in [0.5, 0.6) is 0 Å². The minimum atomic E-state index is -3.89. The van der Waals surface area contributed by atoms with Crippen molar-refractivity contribution in [2.24, 2.45) is 0 Å². The van der Waals surface area contributed by atoms with E-state index in [9.17, 15) is 18.0 Å². The van der Waals surface area contributed by atoms with Crippen LogP contribution in [0, 0.1) is 6.92 Å². The van der Waals surface area contributed by atoms with Crippen molar-refractivity contribution in [2.75, 3.05) is 6.61 Å². The number of sulfonamides is 1. The first-order chi connectivity index (χ1) is 16.2. The largest absolute Gasteiger partial charge is 0.468 e. The molecule has 0 saturated carbocycles. The maximum atomic E-state index is 12.6. The Labute approximate surface area is 199 Å². The fourth-order valence-corrected chi connectivity index (χ4v) is 4.29. The van der Waals surface area contributed by atoms with E-state index >= 15 is 0 Å². The van der Waals surface area contributed by atoms with Crippen molar-refractivity contribution in [1.29, 1.82) is 0 Å². The summed E-state index contributed by atoms with van der Waals surface area (Å²) in [4.78, 5) is 24.8. The third-order valence-corrected chi connectivity index (χ3v) is 6.75. The van der Waals surface area contributed by atoms with Crippen LogP contribution in [0.3, 0.4) is 0 Å². The highest BCUT2D eigenvalue weighted by Crippen LogP contribution is 2.18. The first-order valence-electron chi connectivity index (χ1n) is 10.9. The van der Waals surface area contributed by atoms with Gasteiger partial charge < -0.3 is 14.5 Å². The molecule has 2 aromatic carbocycles. The topological polar surface area (TPSA) is 115 Å². The molecule has 0 aliphatic carbocycles. The van der Waals surface area contributed by atoms with Gasteiger partial charge >= 0.3 is 5.97 Å². The van der Waals surface area contributed by atoms with Gasteiger partial charge in [-0.3, -0.25) is 4.79 Å². The van der Waals surface area contributed by atoms with Gasteiger partial charge in [-0.05, 0) is 61.2 Å². The number of hydrogen-bond acceptors (Lipinski definition) is 6. The van der Waals surface area contributed by atoms with Gasteiger partial charge in [0.25, 0.3) is 5.91 Å². The standard InChI is InChI=1S/C25H28N2O6S/c1-4-19-8-10-20(11-9-19)18(3)27-24(28)16-33-25(29)23-14-22(12-7-17(23)2)34(30,31)26-15-21-6-5-13-32-21/h5-14,18,26H,4,15-16H2,1-3H3,(H,27,28). The van der Waals surface area contributed by atoms with Gasteiger partial charge in [0.1, 0.15) is 5.76 Å². The van der Waals surface area contributed by atoms with E-state index in [2.05, 4.69) is 17.0 Å². The molecular formula is C25H28N2O6S. The molecule has 0 bridgehead atoms. The van der Waals surface area contributed by atoms with Crippen molar-refractivity contribution < 1.29 is 27.2 Å². The average molecular weight is 485 g/mol. The van der Waals surface area contributed by atoms with E-state index in [1.807, 2.05) is 31.2 Å². The van der Waals surface area contributed by atoms with E-state index in [-0.39, 0.29) is 23.0 Å². The predicted molar refractivity (Wildman–Crippen MR) is 127 cm³/mol. The Bertz CT molecular complexity index is 1230. The second-order valence-corrected chi connectivity index (χ2v) is 9.61. The fourth-order valence-electron chi connectivity index (χ4n) is 3.27. The van der Waals surface area contributed by atoms with E-state index in [0.717, 1.165) is 12.0 Å². The number of esters is 1. The number of rotatable bonds is 10. The number of ether oxygens (including phenoxy) is 1. The Kier molecular flexibility index (Phi) is 8.25. The molecule has 0 fully saturated rings. The molecule has 180 valence electrons. The van der Waals surface area contributed by atoms with Crippen LogP contribution in [0.4, 0.5) is 0 Å². The van der Waals surface area contributed by atoms with Gasteiger partial charge in [0.15, 0.2) is 6.61 Å². The van der Waals surface area contributed by atoms with Crippen LogP contribution in [0.2, 0.25) is 0 Å². The summed E-state index contributed by atoms with van der Waals surface area (Å²) in [7, 11) is -3.89. The van der Waals surface area contributed by atoms with Crippen molar-refractivity contribution in [3.8, 4) is 0 Å². The first-order valence-corrected chi connectivity index (χ1v) is 12.4. The van der Waals surface area contributed by atoms with Crippen LogP contribution in [-0.2, 0) is 32.5 Å². The molecule has 1 aromatic heterocycles. The number of carbonyl (C=O) groups excluding carboxylic acids is 2. The zero-order valence-electron chi connectivity index (χ0n) is 19.3. The Morgan fingerprint density at radius 2 is 1.82 bits per heavy atom. The molecule has 1 heterocycles. The molecular weight excluding hydrogens is 456 g/mol. The number of carbonyl (C=O) groups is 2. The van der Waals surface area contributed by atoms with Crippen LogP contribution >= 0.6 is 0 Å². The number of benzene rings is 2. The summed E-state index contributed by atoms with van der Waals surface area (Å²) in [6.45, 7) is 5.06. The smallest absolute Gasteiger partial charge is 0.338 e. The van der Waals surface area contributed by atoms with Crippen molar-refractivity contribution >= 4 is 21.9 Å². The lowest BCUT2D eigenvalue weighted by atomic mass is 10.1. The lowest BCUT2D eigenvalue weighted by Gasteiger charge is -2.15. The molecule has 0 spiro atoms. The van der Waals surface area contributed by atoms with Crippen LogP contribution in [0.25, 0.3) is 0 Å². The Morgan fingerprint density at radius 3 is 2.47 bits per heavy atom. The average Bonchev–Trinajstić information content (AvgIpc) is 3.35. The highest BCUT2D eigenvalue weighted by Gasteiger charge is 2.20. The maximum absolute atomic E-state index is 12.6. The van der Waals surface area contributed by atoms with Gasteiger partial charge in [-0.2, -0.15) is 0 Å². The highest BCUT2D eigenvalue weighted by molar-refractivity contribution is 7.89. The number of nitrogens with one attached hydrogen (secondary N) is 2. The normalized spacial score (nSPS) is 12.2. The van der Waals surface area contributed by atoms with E-state index in [4.69, 9.17) is 9.15 Å². The number of hydrogen-bond donors (Lipinski definition) is 2. The zero-order valence-corrected chi connectivity index (χ0v) is 20.1. The molecule has 8 nitrogen and oxygen atoms in total. The minimum Gasteiger partial charge on any atom is -0.468 e. The van der Waals surface area contributed by atoms with Crippen molar-refractivity contribution in [3.63, 3.8) is 0 Å². The molecule has 2 N–H and O–H groups in total. The summed E-state index contributed by atoms with van der Waals surface area (Å²) >= 11 is 0. The molecule has 0 aliphatic rings. The molecule has 1 atom stereocenters. The maximum Gasteiger partial charge on any atom is 0.338 e.